The van der Waals surface area contributed by atoms with Crippen LogP contribution in [0, 0.1) is 0 Å². The molecule has 1 aliphatic rings. The summed E-state index contributed by atoms with van der Waals surface area (Å²) >= 11 is 0. The minimum Gasteiger partial charge on any atom is -0.328 e. The van der Waals surface area contributed by atoms with Gasteiger partial charge < -0.3 is 5.73 Å². The molecule has 3 unspecified atom stereocenters. The van der Waals surface area contributed by atoms with E-state index in [4.69, 9.17) is 5.73 Å². The van der Waals surface area contributed by atoms with E-state index in [1.165, 1.54) is 5.56 Å². The second-order valence-corrected chi connectivity index (χ2v) is 5.18. The van der Waals surface area contributed by atoms with Crippen LogP contribution in [-0.2, 0) is 6.54 Å². The van der Waals surface area contributed by atoms with Gasteiger partial charge in [0.05, 0.1) is 6.20 Å². The SMILES string of the molecule is CCn1cc(C(C)N2CCC(N)CC2C)cn1. The quantitative estimate of drug-likeness (QED) is 0.870. The Balaban J connectivity index is 2.06. The molecule has 2 heterocycles. The summed E-state index contributed by atoms with van der Waals surface area (Å²) in [6.45, 7) is 8.70. The first-order valence-corrected chi connectivity index (χ1v) is 6.65. The van der Waals surface area contributed by atoms with Crippen molar-refractivity contribution in [1.82, 2.24) is 14.7 Å². The van der Waals surface area contributed by atoms with Crippen LogP contribution in [0.3, 0.4) is 0 Å². The fraction of sp³-hybridized carbons (Fsp3) is 0.769. The van der Waals surface area contributed by atoms with Gasteiger partial charge in [-0.15, -0.1) is 0 Å². The van der Waals surface area contributed by atoms with Crippen LogP contribution in [0.1, 0.15) is 45.2 Å². The first-order valence-electron chi connectivity index (χ1n) is 6.65. The lowest BCUT2D eigenvalue weighted by Gasteiger charge is -2.40. The van der Waals surface area contributed by atoms with E-state index in [0.717, 1.165) is 25.9 Å². The zero-order chi connectivity index (χ0) is 12.4. The van der Waals surface area contributed by atoms with Gasteiger partial charge >= 0.3 is 0 Å². The van der Waals surface area contributed by atoms with Gasteiger partial charge in [0, 0.05) is 43.0 Å². The fourth-order valence-electron chi connectivity index (χ4n) is 2.76. The van der Waals surface area contributed by atoms with Gasteiger partial charge in [-0.2, -0.15) is 5.10 Å². The van der Waals surface area contributed by atoms with Crippen LogP contribution in [0.2, 0.25) is 0 Å². The van der Waals surface area contributed by atoms with E-state index in [-0.39, 0.29) is 0 Å². The normalized spacial score (nSPS) is 28.2. The van der Waals surface area contributed by atoms with Crippen molar-refractivity contribution < 1.29 is 0 Å². The Morgan fingerprint density at radius 3 is 2.94 bits per heavy atom. The zero-order valence-electron chi connectivity index (χ0n) is 11.1. The molecule has 2 N–H and O–H groups in total. The van der Waals surface area contributed by atoms with E-state index in [1.54, 1.807) is 0 Å². The van der Waals surface area contributed by atoms with Crippen LogP contribution >= 0.6 is 0 Å². The summed E-state index contributed by atoms with van der Waals surface area (Å²) in [5.74, 6) is 0. The van der Waals surface area contributed by atoms with Gasteiger partial charge in [0.25, 0.3) is 0 Å². The van der Waals surface area contributed by atoms with Crippen LogP contribution in [0.4, 0.5) is 0 Å². The highest BCUT2D eigenvalue weighted by Gasteiger charge is 2.27. The van der Waals surface area contributed by atoms with Gasteiger partial charge in [-0.3, -0.25) is 9.58 Å². The Kier molecular flexibility index (Phi) is 3.84. The molecule has 0 amide bonds. The van der Waals surface area contributed by atoms with E-state index >= 15 is 0 Å². The first-order chi connectivity index (χ1) is 8.11. The van der Waals surface area contributed by atoms with Crippen molar-refractivity contribution in [3.63, 3.8) is 0 Å². The predicted octanol–water partition coefficient (Wildman–Crippen LogP) is 1.78. The summed E-state index contributed by atoms with van der Waals surface area (Å²) < 4.78 is 1.99. The minimum absolute atomic E-state index is 0.381. The molecule has 0 aliphatic carbocycles. The topological polar surface area (TPSA) is 47.1 Å². The second kappa shape index (κ2) is 5.19. The minimum atomic E-state index is 0.381. The van der Waals surface area contributed by atoms with Crippen molar-refractivity contribution in [3.8, 4) is 0 Å². The van der Waals surface area contributed by atoms with Crippen molar-refractivity contribution in [3.05, 3.63) is 18.0 Å². The Labute approximate surface area is 104 Å². The smallest absolute Gasteiger partial charge is 0.0537 e. The molecule has 1 aliphatic heterocycles. The van der Waals surface area contributed by atoms with Crippen LogP contribution in [0.25, 0.3) is 0 Å². The molecular formula is C13H24N4. The van der Waals surface area contributed by atoms with E-state index in [9.17, 15) is 0 Å². The Bertz CT molecular complexity index is 360. The van der Waals surface area contributed by atoms with Crippen LogP contribution in [-0.4, -0.2) is 33.3 Å². The number of nitrogens with two attached hydrogens (primary N) is 1. The largest absolute Gasteiger partial charge is 0.328 e. The third kappa shape index (κ3) is 2.69. The number of hydrogen-bond donors (Lipinski definition) is 1. The number of likely N-dealkylation sites (tertiary alicyclic amines) is 1. The molecule has 0 spiro atoms. The molecule has 1 aromatic heterocycles. The lowest BCUT2D eigenvalue weighted by atomic mass is 9.96. The molecule has 96 valence electrons. The van der Waals surface area contributed by atoms with Gasteiger partial charge in [-0.05, 0) is 33.6 Å². The van der Waals surface area contributed by atoms with E-state index in [1.807, 2.05) is 10.9 Å². The van der Waals surface area contributed by atoms with Crippen molar-refractivity contribution in [1.29, 1.82) is 0 Å². The Morgan fingerprint density at radius 1 is 1.59 bits per heavy atom. The average Bonchev–Trinajstić information content (AvgIpc) is 2.76. The monoisotopic (exact) mass is 236 g/mol. The van der Waals surface area contributed by atoms with E-state index < -0.39 is 0 Å². The van der Waals surface area contributed by atoms with Gasteiger partial charge in [0.2, 0.25) is 0 Å². The molecule has 17 heavy (non-hydrogen) atoms. The number of rotatable bonds is 3. The molecule has 0 bridgehead atoms. The van der Waals surface area contributed by atoms with Gasteiger partial charge in [-0.1, -0.05) is 0 Å². The standard InChI is InChI=1S/C13H24N4/c1-4-16-9-12(8-15-16)11(3)17-6-5-13(14)7-10(17)2/h8-11,13H,4-7,14H2,1-3H3. The highest BCUT2D eigenvalue weighted by Crippen LogP contribution is 2.27. The molecule has 0 saturated carbocycles. The fourth-order valence-corrected chi connectivity index (χ4v) is 2.76. The van der Waals surface area contributed by atoms with Gasteiger partial charge in [0.15, 0.2) is 0 Å². The maximum atomic E-state index is 6.01. The maximum Gasteiger partial charge on any atom is 0.0537 e. The molecule has 1 fully saturated rings. The number of nitrogens with zero attached hydrogens (tertiary/aromatic N) is 3. The number of aryl methyl sites for hydroxylation is 1. The predicted molar refractivity (Wildman–Crippen MR) is 69.7 cm³/mol. The number of piperidine rings is 1. The van der Waals surface area contributed by atoms with Crippen molar-refractivity contribution in [2.45, 2.75) is 58.3 Å². The lowest BCUT2D eigenvalue weighted by Crippen LogP contribution is -2.46. The number of aromatic nitrogens is 2. The summed E-state index contributed by atoms with van der Waals surface area (Å²) in [6, 6.07) is 1.39. The number of hydrogen-bond acceptors (Lipinski definition) is 3. The van der Waals surface area contributed by atoms with Crippen LogP contribution in [0.15, 0.2) is 12.4 Å². The van der Waals surface area contributed by atoms with Crippen molar-refractivity contribution >= 4 is 0 Å². The third-order valence-corrected chi connectivity index (χ3v) is 3.93. The molecule has 1 aromatic rings. The molecule has 1 saturated heterocycles. The third-order valence-electron chi connectivity index (χ3n) is 3.93. The summed E-state index contributed by atoms with van der Waals surface area (Å²) in [5, 5.41) is 4.36. The van der Waals surface area contributed by atoms with Crippen molar-refractivity contribution in [2.75, 3.05) is 6.54 Å². The second-order valence-electron chi connectivity index (χ2n) is 5.18. The molecule has 0 aromatic carbocycles. The first kappa shape index (κ1) is 12.6. The summed E-state index contributed by atoms with van der Waals surface area (Å²) in [7, 11) is 0. The maximum absolute atomic E-state index is 6.01. The summed E-state index contributed by atoms with van der Waals surface area (Å²) in [6.07, 6.45) is 6.37. The van der Waals surface area contributed by atoms with Crippen LogP contribution < -0.4 is 5.73 Å². The molecular weight excluding hydrogens is 212 g/mol. The molecule has 0 radical (unpaired) electrons. The lowest BCUT2D eigenvalue weighted by molar-refractivity contribution is 0.104. The van der Waals surface area contributed by atoms with E-state index in [2.05, 4.69) is 37.0 Å². The zero-order valence-corrected chi connectivity index (χ0v) is 11.1. The highest BCUT2D eigenvalue weighted by molar-refractivity contribution is 5.10. The molecule has 2 rings (SSSR count). The highest BCUT2D eigenvalue weighted by atomic mass is 15.3. The summed E-state index contributed by atoms with van der Waals surface area (Å²) in [4.78, 5) is 2.54. The van der Waals surface area contributed by atoms with Gasteiger partial charge in [-0.25, -0.2) is 0 Å². The van der Waals surface area contributed by atoms with Crippen molar-refractivity contribution in [2.24, 2.45) is 5.73 Å². The average molecular weight is 236 g/mol. The molecule has 4 nitrogen and oxygen atoms in total. The summed E-state index contributed by atoms with van der Waals surface area (Å²) in [5.41, 5.74) is 7.32. The van der Waals surface area contributed by atoms with Gasteiger partial charge in [0.1, 0.15) is 0 Å². The van der Waals surface area contributed by atoms with Crippen LogP contribution in [0.5, 0.6) is 0 Å². The van der Waals surface area contributed by atoms with E-state index in [0.29, 0.717) is 18.1 Å². The Hall–Kier alpha value is -0.870. The molecule has 3 atom stereocenters. The molecule has 4 heteroatoms. The Morgan fingerprint density at radius 2 is 2.35 bits per heavy atom.